The number of aromatic nitrogens is 1. The van der Waals surface area contributed by atoms with E-state index in [9.17, 15) is 9.59 Å². The Kier molecular flexibility index (Phi) is 4.55. The fourth-order valence-electron chi connectivity index (χ4n) is 2.46. The van der Waals surface area contributed by atoms with Gasteiger partial charge in [-0.2, -0.15) is 0 Å². The molecule has 1 aromatic rings. The zero-order valence-corrected chi connectivity index (χ0v) is 11.5. The van der Waals surface area contributed by atoms with Crippen LogP contribution in [-0.4, -0.2) is 40.1 Å². The van der Waals surface area contributed by atoms with Crippen LogP contribution in [0.3, 0.4) is 0 Å². The van der Waals surface area contributed by atoms with Crippen molar-refractivity contribution in [3.8, 4) is 0 Å². The van der Waals surface area contributed by atoms with Gasteiger partial charge in [-0.1, -0.05) is 12.8 Å². The van der Waals surface area contributed by atoms with E-state index in [-0.39, 0.29) is 18.1 Å². The molecule has 1 aliphatic carbocycles. The lowest BCUT2D eigenvalue weighted by atomic mass is 10.2. The van der Waals surface area contributed by atoms with Gasteiger partial charge < -0.3 is 15.3 Å². The van der Waals surface area contributed by atoms with Crippen LogP contribution in [-0.2, 0) is 6.54 Å². The molecule has 0 unspecified atom stereocenters. The molecule has 0 radical (unpaired) electrons. The minimum Gasteiger partial charge on any atom is -0.478 e. The van der Waals surface area contributed by atoms with E-state index in [0.717, 1.165) is 12.8 Å². The summed E-state index contributed by atoms with van der Waals surface area (Å²) in [6.07, 6.45) is 5.88. The molecular formula is C14H19N3O3. The van der Waals surface area contributed by atoms with E-state index < -0.39 is 5.97 Å². The predicted octanol–water partition coefficient (Wildman–Crippen LogP) is 1.86. The number of urea groups is 1. The molecule has 108 valence electrons. The van der Waals surface area contributed by atoms with Crippen LogP contribution >= 0.6 is 0 Å². The Morgan fingerprint density at radius 3 is 2.80 bits per heavy atom. The molecule has 0 bridgehead atoms. The number of nitrogens with zero attached hydrogens (tertiary/aromatic N) is 2. The molecule has 6 nitrogen and oxygen atoms in total. The van der Waals surface area contributed by atoms with Crippen molar-refractivity contribution in [2.45, 2.75) is 38.3 Å². The van der Waals surface area contributed by atoms with Crippen LogP contribution in [0.5, 0.6) is 0 Å². The zero-order chi connectivity index (χ0) is 14.5. The Morgan fingerprint density at radius 1 is 1.45 bits per heavy atom. The second-order valence-electron chi connectivity index (χ2n) is 5.05. The van der Waals surface area contributed by atoms with Crippen LogP contribution in [0.1, 0.15) is 41.7 Å². The topological polar surface area (TPSA) is 82.5 Å². The molecule has 1 heterocycles. The number of nitrogens with one attached hydrogen (secondary N) is 1. The van der Waals surface area contributed by atoms with Crippen LogP contribution in [0, 0.1) is 0 Å². The first kappa shape index (κ1) is 14.3. The maximum atomic E-state index is 12.0. The van der Waals surface area contributed by atoms with Crippen molar-refractivity contribution < 1.29 is 14.7 Å². The van der Waals surface area contributed by atoms with E-state index in [2.05, 4.69) is 10.3 Å². The molecule has 0 aromatic carbocycles. The number of hydrogen-bond donors (Lipinski definition) is 2. The number of carbonyl (C=O) groups is 2. The SMILES string of the molecule is CN(C(=O)NCc1cc(C(=O)O)ccn1)C1CCCC1. The molecule has 1 fully saturated rings. The van der Waals surface area contributed by atoms with Crippen molar-refractivity contribution in [2.24, 2.45) is 0 Å². The van der Waals surface area contributed by atoms with E-state index in [0.29, 0.717) is 11.7 Å². The lowest BCUT2D eigenvalue weighted by Crippen LogP contribution is -2.42. The Bertz CT molecular complexity index is 498. The van der Waals surface area contributed by atoms with Gasteiger partial charge in [-0.05, 0) is 25.0 Å². The fraction of sp³-hybridized carbons (Fsp3) is 0.500. The van der Waals surface area contributed by atoms with E-state index in [1.807, 2.05) is 0 Å². The average Bonchev–Trinajstić information content (AvgIpc) is 2.98. The maximum absolute atomic E-state index is 12.0. The van der Waals surface area contributed by atoms with Gasteiger partial charge >= 0.3 is 12.0 Å². The number of amides is 2. The largest absolute Gasteiger partial charge is 0.478 e. The minimum atomic E-state index is -0.997. The molecular weight excluding hydrogens is 258 g/mol. The molecule has 0 aliphatic heterocycles. The molecule has 1 aliphatic rings. The predicted molar refractivity (Wildman–Crippen MR) is 73.5 cm³/mol. The van der Waals surface area contributed by atoms with Crippen molar-refractivity contribution >= 4 is 12.0 Å². The third-order valence-corrected chi connectivity index (χ3v) is 3.68. The number of carboxylic acid groups (broad SMARTS) is 1. The molecule has 0 atom stereocenters. The summed E-state index contributed by atoms with van der Waals surface area (Å²) in [5, 5.41) is 11.7. The van der Waals surface area contributed by atoms with Crippen molar-refractivity contribution in [1.82, 2.24) is 15.2 Å². The Labute approximate surface area is 117 Å². The van der Waals surface area contributed by atoms with Gasteiger partial charge in [0.25, 0.3) is 0 Å². The molecule has 2 rings (SSSR count). The third-order valence-electron chi connectivity index (χ3n) is 3.68. The summed E-state index contributed by atoms with van der Waals surface area (Å²) in [6.45, 7) is 0.233. The Morgan fingerprint density at radius 2 is 2.15 bits per heavy atom. The van der Waals surface area contributed by atoms with Gasteiger partial charge in [0.1, 0.15) is 0 Å². The monoisotopic (exact) mass is 277 g/mol. The van der Waals surface area contributed by atoms with Crippen LogP contribution < -0.4 is 5.32 Å². The van der Waals surface area contributed by atoms with Crippen LogP contribution in [0.4, 0.5) is 4.79 Å². The first-order valence-corrected chi connectivity index (χ1v) is 6.77. The van der Waals surface area contributed by atoms with E-state index >= 15 is 0 Å². The quantitative estimate of drug-likeness (QED) is 0.880. The lowest BCUT2D eigenvalue weighted by Gasteiger charge is -2.24. The molecule has 0 spiro atoms. The highest BCUT2D eigenvalue weighted by atomic mass is 16.4. The molecule has 6 heteroatoms. The number of aromatic carboxylic acids is 1. The molecule has 2 N–H and O–H groups in total. The van der Waals surface area contributed by atoms with Crippen molar-refractivity contribution in [1.29, 1.82) is 0 Å². The number of pyridine rings is 1. The molecule has 2 amide bonds. The summed E-state index contributed by atoms with van der Waals surface area (Å²) in [7, 11) is 1.80. The van der Waals surface area contributed by atoms with Gasteiger partial charge in [-0.25, -0.2) is 9.59 Å². The fourth-order valence-corrected chi connectivity index (χ4v) is 2.46. The van der Waals surface area contributed by atoms with Gasteiger partial charge in [0, 0.05) is 19.3 Å². The van der Waals surface area contributed by atoms with E-state index in [1.54, 1.807) is 11.9 Å². The second-order valence-corrected chi connectivity index (χ2v) is 5.05. The zero-order valence-electron chi connectivity index (χ0n) is 11.5. The molecule has 1 saturated carbocycles. The van der Waals surface area contributed by atoms with E-state index in [1.165, 1.54) is 31.2 Å². The highest BCUT2D eigenvalue weighted by Crippen LogP contribution is 2.22. The Balaban J connectivity index is 1.89. The van der Waals surface area contributed by atoms with Gasteiger partial charge in [-0.15, -0.1) is 0 Å². The highest BCUT2D eigenvalue weighted by molar-refractivity contribution is 5.87. The maximum Gasteiger partial charge on any atom is 0.335 e. The van der Waals surface area contributed by atoms with E-state index in [4.69, 9.17) is 5.11 Å². The van der Waals surface area contributed by atoms with Crippen LogP contribution in [0.25, 0.3) is 0 Å². The molecule has 20 heavy (non-hydrogen) atoms. The summed E-state index contributed by atoms with van der Waals surface area (Å²) in [6, 6.07) is 3.07. The average molecular weight is 277 g/mol. The van der Waals surface area contributed by atoms with Crippen molar-refractivity contribution in [3.63, 3.8) is 0 Å². The second kappa shape index (κ2) is 6.36. The smallest absolute Gasteiger partial charge is 0.335 e. The lowest BCUT2D eigenvalue weighted by molar-refractivity contribution is 0.0696. The standard InChI is InChI=1S/C14H19N3O3/c1-17(12-4-2-3-5-12)14(20)16-9-11-8-10(13(18)19)6-7-15-11/h6-8,12H,2-5,9H2,1H3,(H,16,20)(H,18,19). The molecule has 0 saturated heterocycles. The summed E-state index contributed by atoms with van der Waals surface area (Å²) >= 11 is 0. The van der Waals surface area contributed by atoms with Crippen LogP contribution in [0.2, 0.25) is 0 Å². The van der Waals surface area contributed by atoms with Crippen molar-refractivity contribution in [3.05, 3.63) is 29.6 Å². The Hall–Kier alpha value is -2.11. The number of hydrogen-bond acceptors (Lipinski definition) is 3. The summed E-state index contributed by atoms with van der Waals surface area (Å²) < 4.78 is 0. The van der Waals surface area contributed by atoms with Crippen LogP contribution in [0.15, 0.2) is 18.3 Å². The normalized spacial score (nSPS) is 15.1. The van der Waals surface area contributed by atoms with Crippen molar-refractivity contribution in [2.75, 3.05) is 7.05 Å². The number of carboxylic acids is 1. The number of carbonyl (C=O) groups excluding carboxylic acids is 1. The third kappa shape index (κ3) is 3.46. The van der Waals surface area contributed by atoms with Gasteiger partial charge in [0.15, 0.2) is 0 Å². The van der Waals surface area contributed by atoms with Gasteiger partial charge in [0.2, 0.25) is 0 Å². The van der Waals surface area contributed by atoms with Gasteiger partial charge in [0.05, 0.1) is 17.8 Å². The summed E-state index contributed by atoms with van der Waals surface area (Å²) in [5.74, 6) is -0.997. The first-order chi connectivity index (χ1) is 9.58. The van der Waals surface area contributed by atoms with Gasteiger partial charge in [-0.3, -0.25) is 4.98 Å². The molecule has 1 aromatic heterocycles. The summed E-state index contributed by atoms with van der Waals surface area (Å²) in [5.41, 5.74) is 0.714. The number of rotatable bonds is 4. The minimum absolute atomic E-state index is 0.139. The first-order valence-electron chi connectivity index (χ1n) is 6.77. The summed E-state index contributed by atoms with van der Waals surface area (Å²) in [4.78, 5) is 28.6. The highest BCUT2D eigenvalue weighted by Gasteiger charge is 2.23.